The number of carboxylic acid groups (broad SMARTS) is 1. The molecule has 0 spiro atoms. The zero-order chi connectivity index (χ0) is 21.9. The topological polar surface area (TPSA) is 66.4 Å². The number of carboxylic acids is 1. The van der Waals surface area contributed by atoms with Gasteiger partial charge >= 0.3 is 35.5 Å². The van der Waals surface area contributed by atoms with E-state index in [1.807, 2.05) is 0 Å². The third-order valence-corrected chi connectivity index (χ3v) is 6.27. The molecule has 0 bridgehead atoms. The van der Waals surface area contributed by atoms with E-state index >= 15 is 0 Å². The van der Waals surface area contributed by atoms with Gasteiger partial charge in [-0.25, -0.2) is 0 Å². The quantitative estimate of drug-likeness (QED) is 0.141. The number of aliphatic carboxylic acids is 1. The fourth-order valence-corrected chi connectivity index (χ4v) is 4.32. The minimum Gasteiger partial charge on any atom is -0.550 e. The van der Waals surface area contributed by atoms with E-state index in [1.165, 1.54) is 64.2 Å². The first-order valence-corrected chi connectivity index (χ1v) is 12.7. The molecule has 0 aromatic heterocycles. The molecule has 1 saturated carbocycles. The molecule has 0 heterocycles. The van der Waals surface area contributed by atoms with E-state index in [9.17, 15) is 14.7 Å². The predicted molar refractivity (Wildman–Crippen MR) is 121 cm³/mol. The van der Waals surface area contributed by atoms with Crippen molar-refractivity contribution in [3.63, 3.8) is 0 Å². The molecular formula is C26H45NaO4. The Morgan fingerprint density at radius 2 is 1.26 bits per heavy atom. The second-order valence-electron chi connectivity index (χ2n) is 8.92. The van der Waals surface area contributed by atoms with Crippen LogP contribution in [-0.4, -0.2) is 18.5 Å². The average molecular weight is 445 g/mol. The van der Waals surface area contributed by atoms with E-state index in [2.05, 4.69) is 19.1 Å². The van der Waals surface area contributed by atoms with Crippen LogP contribution < -0.4 is 34.7 Å². The molecule has 31 heavy (non-hydrogen) atoms. The Kier molecular flexibility index (Phi) is 21.3. The molecular weight excluding hydrogens is 399 g/mol. The number of esters is 1. The van der Waals surface area contributed by atoms with E-state index in [0.29, 0.717) is 19.4 Å². The van der Waals surface area contributed by atoms with Crippen LogP contribution in [0.15, 0.2) is 12.2 Å². The van der Waals surface area contributed by atoms with Crippen molar-refractivity contribution in [1.82, 2.24) is 0 Å². The molecule has 0 saturated heterocycles. The number of hydrogen-bond acceptors (Lipinski definition) is 4. The van der Waals surface area contributed by atoms with E-state index in [-0.39, 0.29) is 35.5 Å². The van der Waals surface area contributed by atoms with E-state index < -0.39 is 17.8 Å². The molecule has 4 nitrogen and oxygen atoms in total. The number of allylic oxidation sites excluding steroid dienone is 2. The average Bonchev–Trinajstić information content (AvgIpc) is 2.75. The van der Waals surface area contributed by atoms with Crippen LogP contribution in [0, 0.1) is 11.8 Å². The van der Waals surface area contributed by atoms with Gasteiger partial charge in [0.2, 0.25) is 0 Å². The first kappa shape index (κ1) is 30.7. The van der Waals surface area contributed by atoms with Crippen LogP contribution >= 0.6 is 0 Å². The van der Waals surface area contributed by atoms with Crippen LogP contribution in [0.4, 0.5) is 0 Å². The summed E-state index contributed by atoms with van der Waals surface area (Å²) in [4.78, 5) is 23.3. The molecule has 1 fully saturated rings. The summed E-state index contributed by atoms with van der Waals surface area (Å²) in [6, 6.07) is 0. The predicted octanol–water partition coefficient (Wildman–Crippen LogP) is 3.13. The van der Waals surface area contributed by atoms with Gasteiger partial charge in [-0.15, -0.1) is 0 Å². The van der Waals surface area contributed by atoms with E-state index in [1.54, 1.807) is 0 Å². The summed E-state index contributed by atoms with van der Waals surface area (Å²) >= 11 is 0. The summed E-state index contributed by atoms with van der Waals surface area (Å²) < 4.78 is 5.33. The van der Waals surface area contributed by atoms with Gasteiger partial charge in [-0.1, -0.05) is 89.7 Å². The van der Waals surface area contributed by atoms with Crippen LogP contribution in [0.25, 0.3) is 0 Å². The first-order valence-electron chi connectivity index (χ1n) is 12.7. The summed E-state index contributed by atoms with van der Waals surface area (Å²) in [6.45, 7) is 2.66. The van der Waals surface area contributed by atoms with Gasteiger partial charge in [0, 0.05) is 11.9 Å². The van der Waals surface area contributed by atoms with Crippen molar-refractivity contribution >= 4 is 11.9 Å². The fourth-order valence-electron chi connectivity index (χ4n) is 4.32. The minimum atomic E-state index is -1.11. The number of carbonyl (C=O) groups is 2. The Morgan fingerprint density at radius 3 is 1.81 bits per heavy atom. The van der Waals surface area contributed by atoms with Gasteiger partial charge in [0.15, 0.2) is 0 Å². The van der Waals surface area contributed by atoms with Gasteiger partial charge in [0.25, 0.3) is 0 Å². The van der Waals surface area contributed by atoms with Crippen molar-refractivity contribution < 1.29 is 49.0 Å². The van der Waals surface area contributed by atoms with Crippen LogP contribution in [0.5, 0.6) is 0 Å². The second-order valence-corrected chi connectivity index (χ2v) is 8.92. The molecule has 0 aromatic carbocycles. The van der Waals surface area contributed by atoms with E-state index in [0.717, 1.165) is 38.5 Å². The van der Waals surface area contributed by atoms with Crippen LogP contribution in [0.2, 0.25) is 0 Å². The van der Waals surface area contributed by atoms with Crippen molar-refractivity contribution in [2.75, 3.05) is 6.61 Å². The van der Waals surface area contributed by atoms with E-state index in [4.69, 9.17) is 4.74 Å². The molecule has 1 aliphatic carbocycles. The van der Waals surface area contributed by atoms with Crippen molar-refractivity contribution in [3.05, 3.63) is 12.2 Å². The van der Waals surface area contributed by atoms with Gasteiger partial charge in [0.05, 0.1) is 12.5 Å². The maximum Gasteiger partial charge on any atom is 1.00 e. The summed E-state index contributed by atoms with van der Waals surface area (Å²) in [7, 11) is 0. The number of rotatable bonds is 18. The largest absolute Gasteiger partial charge is 1.00 e. The molecule has 2 atom stereocenters. The summed E-state index contributed by atoms with van der Waals surface area (Å²) in [6.07, 6.45) is 25.2. The third-order valence-electron chi connectivity index (χ3n) is 6.27. The maximum atomic E-state index is 12.1. The minimum absolute atomic E-state index is 0. The van der Waals surface area contributed by atoms with Gasteiger partial charge in [0.1, 0.15) is 0 Å². The Hall–Kier alpha value is -0.320. The van der Waals surface area contributed by atoms with Crippen molar-refractivity contribution in [2.45, 2.75) is 122 Å². The first-order chi connectivity index (χ1) is 14.7. The van der Waals surface area contributed by atoms with Gasteiger partial charge in [-0.05, 0) is 44.9 Å². The molecule has 1 rings (SSSR count). The SMILES string of the molecule is CCCCCCCCCCCC/C=C/CCCCOC(=O)C1CCCCC1C(=O)[O-].[Na+]. The standard InChI is InChI=1S/C26H46O4.Na/c1-2-3-4-5-6-7-8-9-10-11-12-13-14-15-16-19-22-30-26(29)24-21-18-17-20-23(24)25(27)28;/h13-14,23-24H,2-12,15-22H2,1H3,(H,27,28);/q;+1/p-1/b14-13+;. The maximum absolute atomic E-state index is 12.1. The normalized spacial score (nSPS) is 18.6. The smallest absolute Gasteiger partial charge is 0.550 e. The molecule has 0 N–H and O–H groups in total. The zero-order valence-corrected chi connectivity index (χ0v) is 22.4. The number of unbranched alkanes of at least 4 members (excludes halogenated alkanes) is 12. The number of ether oxygens (including phenoxy) is 1. The Morgan fingerprint density at radius 1 is 0.774 bits per heavy atom. The Balaban J connectivity index is 0.00000900. The molecule has 0 aliphatic heterocycles. The van der Waals surface area contributed by atoms with Crippen molar-refractivity contribution in [2.24, 2.45) is 11.8 Å². The molecule has 2 unspecified atom stereocenters. The summed E-state index contributed by atoms with van der Waals surface area (Å²) in [5.41, 5.74) is 0. The molecule has 0 aromatic rings. The molecule has 0 amide bonds. The fraction of sp³-hybridized carbons (Fsp3) is 0.846. The zero-order valence-electron chi connectivity index (χ0n) is 20.4. The third kappa shape index (κ3) is 16.0. The van der Waals surface area contributed by atoms with Gasteiger partial charge < -0.3 is 14.6 Å². The Labute approximate surface area is 213 Å². The van der Waals surface area contributed by atoms with Gasteiger partial charge in [-0.2, -0.15) is 0 Å². The summed E-state index contributed by atoms with van der Waals surface area (Å²) in [5, 5.41) is 11.2. The van der Waals surface area contributed by atoms with Crippen molar-refractivity contribution in [3.8, 4) is 0 Å². The van der Waals surface area contributed by atoms with Crippen LogP contribution in [0.3, 0.4) is 0 Å². The summed E-state index contributed by atoms with van der Waals surface area (Å²) in [5.74, 6) is -2.63. The van der Waals surface area contributed by atoms with Gasteiger partial charge in [-0.3, -0.25) is 4.79 Å². The van der Waals surface area contributed by atoms with Crippen molar-refractivity contribution in [1.29, 1.82) is 0 Å². The number of carbonyl (C=O) groups excluding carboxylic acids is 2. The van der Waals surface area contributed by atoms with Crippen LogP contribution in [-0.2, 0) is 14.3 Å². The number of hydrogen-bond donors (Lipinski definition) is 0. The Bertz CT molecular complexity index is 478. The molecule has 174 valence electrons. The van der Waals surface area contributed by atoms with Crippen LogP contribution in [0.1, 0.15) is 122 Å². The molecule has 1 aliphatic rings. The molecule has 0 radical (unpaired) electrons. The monoisotopic (exact) mass is 444 g/mol. The second kappa shape index (κ2) is 21.5. The molecule has 5 heteroatoms.